The van der Waals surface area contributed by atoms with Crippen LogP contribution >= 0.6 is 0 Å². The molecule has 0 unspecified atom stereocenters. The third kappa shape index (κ3) is 2.71. The monoisotopic (exact) mass is 281 g/mol. The zero-order valence-corrected chi connectivity index (χ0v) is 12.5. The highest BCUT2D eigenvalue weighted by molar-refractivity contribution is 5.85. The molecular formula is C15H27N3O2. The third-order valence-corrected chi connectivity index (χ3v) is 5.39. The third-order valence-electron chi connectivity index (χ3n) is 5.39. The van der Waals surface area contributed by atoms with Crippen molar-refractivity contribution in [3.8, 4) is 0 Å². The maximum Gasteiger partial charge on any atom is 0.252 e. The fraction of sp³-hybridized carbons (Fsp3) is 0.933. The molecule has 3 aliphatic heterocycles. The smallest absolute Gasteiger partial charge is 0.252 e. The van der Waals surface area contributed by atoms with Gasteiger partial charge in [0.25, 0.3) is 5.91 Å². The highest BCUT2D eigenvalue weighted by Crippen LogP contribution is 2.28. The molecule has 5 nitrogen and oxygen atoms in total. The van der Waals surface area contributed by atoms with Crippen LogP contribution in [-0.2, 0) is 4.79 Å². The molecule has 3 fully saturated rings. The normalized spacial score (nSPS) is 34.7. The summed E-state index contributed by atoms with van der Waals surface area (Å²) < 4.78 is 0. The molecule has 0 aromatic carbocycles. The van der Waals surface area contributed by atoms with Crippen LogP contribution < -0.4 is 5.32 Å². The Labute approximate surface area is 121 Å². The highest BCUT2D eigenvalue weighted by atomic mass is 16.3. The topological polar surface area (TPSA) is 55.8 Å². The van der Waals surface area contributed by atoms with Gasteiger partial charge in [-0.05, 0) is 58.7 Å². The number of aliphatic hydroxyl groups is 1. The second kappa shape index (κ2) is 5.62. The number of amides is 1. The lowest BCUT2D eigenvalue weighted by atomic mass is 9.89. The van der Waals surface area contributed by atoms with Gasteiger partial charge >= 0.3 is 0 Å². The van der Waals surface area contributed by atoms with Gasteiger partial charge in [0.05, 0.1) is 0 Å². The molecule has 2 atom stereocenters. The molecule has 0 spiro atoms. The molecular weight excluding hydrogens is 254 g/mol. The van der Waals surface area contributed by atoms with Crippen molar-refractivity contribution in [2.24, 2.45) is 0 Å². The summed E-state index contributed by atoms with van der Waals surface area (Å²) >= 11 is 0. The van der Waals surface area contributed by atoms with Gasteiger partial charge in [-0.2, -0.15) is 0 Å². The minimum Gasteiger partial charge on any atom is -0.380 e. The van der Waals surface area contributed by atoms with E-state index in [1.54, 1.807) is 0 Å². The van der Waals surface area contributed by atoms with Crippen molar-refractivity contribution >= 4 is 5.91 Å². The van der Waals surface area contributed by atoms with Crippen molar-refractivity contribution in [3.63, 3.8) is 0 Å². The van der Waals surface area contributed by atoms with Crippen molar-refractivity contribution in [3.05, 3.63) is 0 Å². The van der Waals surface area contributed by atoms with Crippen molar-refractivity contribution in [1.29, 1.82) is 0 Å². The molecule has 0 aromatic rings. The summed E-state index contributed by atoms with van der Waals surface area (Å²) in [6, 6.07) is 0.741. The number of fused-ring (bicyclic) bond motifs is 1. The van der Waals surface area contributed by atoms with E-state index in [9.17, 15) is 9.90 Å². The lowest BCUT2D eigenvalue weighted by Gasteiger charge is -2.40. The van der Waals surface area contributed by atoms with E-state index < -0.39 is 5.60 Å². The molecule has 0 bridgehead atoms. The first-order chi connectivity index (χ1) is 9.58. The average molecular weight is 281 g/mol. The number of rotatable bonds is 2. The van der Waals surface area contributed by atoms with E-state index in [0.717, 1.165) is 25.9 Å². The largest absolute Gasteiger partial charge is 0.380 e. The predicted octanol–water partition coefficient (Wildman–Crippen LogP) is 0.186. The van der Waals surface area contributed by atoms with Crippen LogP contribution in [0.2, 0.25) is 0 Å². The molecule has 1 amide bonds. The molecule has 3 rings (SSSR count). The zero-order valence-electron chi connectivity index (χ0n) is 12.5. The molecule has 3 heterocycles. The van der Waals surface area contributed by atoms with E-state index >= 15 is 0 Å². The van der Waals surface area contributed by atoms with Crippen molar-refractivity contribution in [2.45, 2.75) is 56.2 Å². The van der Waals surface area contributed by atoms with Gasteiger partial charge in [-0.15, -0.1) is 0 Å². The quantitative estimate of drug-likeness (QED) is 0.758. The second-order valence-electron chi connectivity index (χ2n) is 6.80. The summed E-state index contributed by atoms with van der Waals surface area (Å²) in [4.78, 5) is 17.2. The van der Waals surface area contributed by atoms with Gasteiger partial charge in [0.1, 0.15) is 5.60 Å². The van der Waals surface area contributed by atoms with E-state index in [4.69, 9.17) is 0 Å². The van der Waals surface area contributed by atoms with Gasteiger partial charge in [0.15, 0.2) is 0 Å². The summed E-state index contributed by atoms with van der Waals surface area (Å²) in [5, 5.41) is 13.7. The Hall–Kier alpha value is -0.650. The fourth-order valence-corrected chi connectivity index (χ4v) is 3.98. The summed E-state index contributed by atoms with van der Waals surface area (Å²) in [7, 11) is 2.04. The highest BCUT2D eigenvalue weighted by Gasteiger charge is 2.42. The standard InChI is InChI=1S/C15H27N3O2/c1-17-10-6-15(20,7-11-17)14(19)16-12-4-2-8-18-9-3-5-13(12)18/h12-13,20H,2-11H2,1H3,(H,16,19)/t12-,13-/m0/s1. The van der Waals surface area contributed by atoms with Crippen LogP contribution in [0.3, 0.4) is 0 Å². The van der Waals surface area contributed by atoms with E-state index in [0.29, 0.717) is 18.9 Å². The first-order valence-corrected chi connectivity index (χ1v) is 8.04. The second-order valence-corrected chi connectivity index (χ2v) is 6.80. The van der Waals surface area contributed by atoms with Gasteiger partial charge in [0.2, 0.25) is 0 Å². The van der Waals surface area contributed by atoms with Crippen LogP contribution in [0.4, 0.5) is 0 Å². The van der Waals surface area contributed by atoms with Crippen molar-refractivity contribution in [1.82, 2.24) is 15.1 Å². The lowest BCUT2D eigenvalue weighted by Crippen LogP contribution is -2.59. The Balaban J connectivity index is 1.60. The summed E-state index contributed by atoms with van der Waals surface area (Å²) in [6.45, 7) is 3.94. The van der Waals surface area contributed by atoms with Gasteiger partial charge in [-0.3, -0.25) is 9.69 Å². The van der Waals surface area contributed by atoms with Crippen LogP contribution in [0.1, 0.15) is 38.5 Å². The van der Waals surface area contributed by atoms with Crippen LogP contribution in [0.25, 0.3) is 0 Å². The van der Waals surface area contributed by atoms with Crippen LogP contribution in [0, 0.1) is 0 Å². The van der Waals surface area contributed by atoms with Gasteiger partial charge in [-0.25, -0.2) is 0 Å². The molecule has 0 radical (unpaired) electrons. The van der Waals surface area contributed by atoms with Gasteiger partial charge in [0, 0.05) is 25.2 Å². The number of carbonyl (C=O) groups excluding carboxylic acids is 1. The van der Waals surface area contributed by atoms with E-state index in [-0.39, 0.29) is 11.9 Å². The number of nitrogens with one attached hydrogen (secondary N) is 1. The Morgan fingerprint density at radius 1 is 1.15 bits per heavy atom. The van der Waals surface area contributed by atoms with Gasteiger partial charge in [-0.1, -0.05) is 0 Å². The minimum absolute atomic E-state index is 0.135. The number of hydrogen-bond acceptors (Lipinski definition) is 4. The molecule has 5 heteroatoms. The van der Waals surface area contributed by atoms with E-state index in [2.05, 4.69) is 15.1 Å². The molecule has 2 N–H and O–H groups in total. The minimum atomic E-state index is -1.15. The Bertz CT molecular complexity index is 366. The van der Waals surface area contributed by atoms with Crippen molar-refractivity contribution < 1.29 is 9.90 Å². The fourth-order valence-electron chi connectivity index (χ4n) is 3.98. The SMILES string of the molecule is CN1CCC(O)(C(=O)N[C@H]2CCCN3CCC[C@@H]23)CC1. The molecule has 3 aliphatic rings. The van der Waals surface area contributed by atoms with Crippen LogP contribution in [0.15, 0.2) is 0 Å². The molecule has 3 saturated heterocycles. The number of nitrogens with zero attached hydrogens (tertiary/aromatic N) is 2. The summed E-state index contributed by atoms with van der Waals surface area (Å²) in [5.74, 6) is -0.135. The molecule has 0 aromatic heterocycles. The lowest BCUT2D eigenvalue weighted by molar-refractivity contribution is -0.145. The van der Waals surface area contributed by atoms with Crippen molar-refractivity contribution in [2.75, 3.05) is 33.2 Å². The summed E-state index contributed by atoms with van der Waals surface area (Å²) in [5.41, 5.74) is -1.15. The molecule has 20 heavy (non-hydrogen) atoms. The number of carbonyl (C=O) groups is 1. The molecule has 114 valence electrons. The maximum absolute atomic E-state index is 12.5. The Morgan fingerprint density at radius 2 is 1.80 bits per heavy atom. The summed E-state index contributed by atoms with van der Waals surface area (Å²) in [6.07, 6.45) is 5.75. The first kappa shape index (κ1) is 14.3. The van der Waals surface area contributed by atoms with E-state index in [1.165, 1.54) is 25.9 Å². The van der Waals surface area contributed by atoms with Gasteiger partial charge < -0.3 is 15.3 Å². The maximum atomic E-state index is 12.5. The zero-order chi connectivity index (χ0) is 14.2. The predicted molar refractivity (Wildman–Crippen MR) is 77.4 cm³/mol. The number of hydrogen-bond donors (Lipinski definition) is 2. The van der Waals surface area contributed by atoms with Crippen LogP contribution in [-0.4, -0.2) is 71.7 Å². The number of likely N-dealkylation sites (tertiary alicyclic amines) is 1. The van der Waals surface area contributed by atoms with Crippen LogP contribution in [0.5, 0.6) is 0 Å². The first-order valence-electron chi connectivity index (χ1n) is 8.04. The Kier molecular flexibility index (Phi) is 4.02. The molecule has 0 saturated carbocycles. The Morgan fingerprint density at radius 3 is 2.50 bits per heavy atom. The molecule has 0 aliphatic carbocycles. The average Bonchev–Trinajstić information content (AvgIpc) is 2.92. The number of piperidine rings is 2. The van der Waals surface area contributed by atoms with E-state index in [1.807, 2.05) is 7.05 Å².